The average Bonchev–Trinajstić information content (AvgIpc) is 2.77. The largest absolute Gasteiger partial charge is 0.344 e. The summed E-state index contributed by atoms with van der Waals surface area (Å²) in [7, 11) is 1.97. The normalized spacial score (nSPS) is 14.2. The number of hydrogen-bond acceptors (Lipinski definition) is 2. The van der Waals surface area contributed by atoms with Gasteiger partial charge in [0.25, 0.3) is 0 Å². The highest BCUT2D eigenvalue weighted by Gasteiger charge is 2.24. The monoisotopic (exact) mass is 261 g/mol. The summed E-state index contributed by atoms with van der Waals surface area (Å²) in [5.74, 6) is -0.198. The van der Waals surface area contributed by atoms with Crippen molar-refractivity contribution in [3.63, 3.8) is 0 Å². The number of nitrogens with zero attached hydrogens (tertiary/aromatic N) is 1. The number of allylic oxidation sites excluding steroid dienone is 2. The number of rotatable bonds is 0. The Morgan fingerprint density at radius 3 is 2.45 bits per heavy atom. The summed E-state index contributed by atoms with van der Waals surface area (Å²) in [6.07, 6.45) is 2.72. The van der Waals surface area contributed by atoms with Crippen LogP contribution in [0.3, 0.4) is 0 Å². The predicted octanol–water partition coefficient (Wildman–Crippen LogP) is 3.27. The van der Waals surface area contributed by atoms with Gasteiger partial charge in [-0.25, -0.2) is 0 Å². The molecule has 0 fully saturated rings. The Balaban J connectivity index is 2.31. The van der Waals surface area contributed by atoms with Crippen molar-refractivity contribution >= 4 is 33.4 Å². The van der Waals surface area contributed by atoms with E-state index in [0.29, 0.717) is 11.1 Å². The third-order valence-corrected chi connectivity index (χ3v) is 3.98. The zero-order chi connectivity index (χ0) is 13.9. The van der Waals surface area contributed by atoms with Crippen LogP contribution in [0.4, 0.5) is 0 Å². The van der Waals surface area contributed by atoms with Crippen molar-refractivity contribution in [3.8, 4) is 0 Å². The van der Waals surface area contributed by atoms with Gasteiger partial charge in [-0.05, 0) is 30.4 Å². The van der Waals surface area contributed by atoms with Crippen LogP contribution >= 0.6 is 0 Å². The van der Waals surface area contributed by atoms with E-state index >= 15 is 0 Å². The van der Waals surface area contributed by atoms with Crippen LogP contribution in [-0.2, 0) is 7.05 Å². The Morgan fingerprint density at radius 2 is 1.60 bits per heavy atom. The maximum atomic E-state index is 12.2. The standard InChI is InChI=1S/C17H11NO2/c1-18-12-5-3-2-4-10(12)16-13(18)7-6-11-14(19)8-9-15(20)17(11)16/h2-9H,1H3. The van der Waals surface area contributed by atoms with Crippen molar-refractivity contribution in [2.75, 3.05) is 0 Å². The van der Waals surface area contributed by atoms with Crippen LogP contribution < -0.4 is 0 Å². The number of aromatic nitrogens is 1. The summed E-state index contributed by atoms with van der Waals surface area (Å²) in [4.78, 5) is 24.2. The van der Waals surface area contributed by atoms with Crippen LogP contribution in [0.5, 0.6) is 0 Å². The highest BCUT2D eigenvalue weighted by atomic mass is 16.1. The summed E-state index contributed by atoms with van der Waals surface area (Å²) in [5.41, 5.74) is 3.07. The smallest absolute Gasteiger partial charge is 0.187 e. The molecule has 0 radical (unpaired) electrons. The second kappa shape index (κ2) is 3.67. The average molecular weight is 261 g/mol. The molecule has 2 aromatic carbocycles. The van der Waals surface area contributed by atoms with Crippen LogP contribution in [0.25, 0.3) is 21.8 Å². The highest BCUT2D eigenvalue weighted by Crippen LogP contribution is 2.34. The maximum Gasteiger partial charge on any atom is 0.187 e. The summed E-state index contributed by atoms with van der Waals surface area (Å²) in [5, 5.41) is 1.89. The van der Waals surface area contributed by atoms with Gasteiger partial charge in [0.05, 0.1) is 0 Å². The van der Waals surface area contributed by atoms with E-state index in [9.17, 15) is 9.59 Å². The van der Waals surface area contributed by atoms with Gasteiger partial charge >= 0.3 is 0 Å². The fraction of sp³-hybridized carbons (Fsp3) is 0.0588. The van der Waals surface area contributed by atoms with Crippen molar-refractivity contribution < 1.29 is 9.59 Å². The van der Waals surface area contributed by atoms with Crippen molar-refractivity contribution in [3.05, 3.63) is 59.7 Å². The minimum Gasteiger partial charge on any atom is -0.344 e. The fourth-order valence-electron chi connectivity index (χ4n) is 3.04. The number of para-hydroxylation sites is 1. The number of ketones is 2. The molecule has 0 aliphatic heterocycles. The number of benzene rings is 2. The van der Waals surface area contributed by atoms with Gasteiger partial charge in [-0.15, -0.1) is 0 Å². The van der Waals surface area contributed by atoms with Crippen molar-refractivity contribution in [2.24, 2.45) is 7.05 Å². The maximum absolute atomic E-state index is 12.2. The molecule has 1 aliphatic rings. The number of carbonyl (C=O) groups excluding carboxylic acids is 2. The second-order valence-electron chi connectivity index (χ2n) is 5.02. The minimum absolute atomic E-state index is 0.0958. The Kier molecular flexibility index (Phi) is 2.05. The molecule has 0 N–H and O–H groups in total. The molecule has 4 rings (SSSR count). The van der Waals surface area contributed by atoms with Gasteiger partial charge in [-0.3, -0.25) is 9.59 Å². The first-order chi connectivity index (χ1) is 9.68. The van der Waals surface area contributed by atoms with Crippen LogP contribution in [0.1, 0.15) is 20.7 Å². The molecule has 0 atom stereocenters. The van der Waals surface area contributed by atoms with E-state index in [1.54, 1.807) is 6.07 Å². The Morgan fingerprint density at radius 1 is 0.850 bits per heavy atom. The third kappa shape index (κ3) is 1.24. The van der Waals surface area contributed by atoms with Gasteiger partial charge < -0.3 is 4.57 Å². The predicted molar refractivity (Wildman–Crippen MR) is 78.2 cm³/mol. The number of hydrogen-bond donors (Lipinski definition) is 0. The van der Waals surface area contributed by atoms with E-state index in [0.717, 1.165) is 21.8 Å². The Hall–Kier alpha value is -2.68. The van der Waals surface area contributed by atoms with Gasteiger partial charge in [0.1, 0.15) is 0 Å². The molecule has 0 spiro atoms. The molecule has 20 heavy (non-hydrogen) atoms. The summed E-state index contributed by atoms with van der Waals surface area (Å²) < 4.78 is 2.06. The quantitative estimate of drug-likeness (QED) is 0.623. The summed E-state index contributed by atoms with van der Waals surface area (Å²) in [6.45, 7) is 0. The molecule has 3 aromatic rings. The molecule has 0 unspecified atom stereocenters. The number of fused-ring (bicyclic) bond motifs is 5. The zero-order valence-corrected chi connectivity index (χ0v) is 10.9. The lowest BCUT2D eigenvalue weighted by Gasteiger charge is -2.10. The van der Waals surface area contributed by atoms with E-state index in [1.807, 2.05) is 37.4 Å². The molecule has 3 heteroatoms. The van der Waals surface area contributed by atoms with E-state index in [2.05, 4.69) is 4.57 Å². The number of carbonyl (C=O) groups is 2. The van der Waals surface area contributed by atoms with E-state index in [1.165, 1.54) is 12.2 Å². The lowest BCUT2D eigenvalue weighted by Crippen LogP contribution is -2.11. The van der Waals surface area contributed by atoms with Gasteiger partial charge in [0, 0.05) is 40.0 Å². The first-order valence-electron chi connectivity index (χ1n) is 6.45. The van der Waals surface area contributed by atoms with Gasteiger partial charge in [0.15, 0.2) is 11.6 Å². The van der Waals surface area contributed by atoms with Crippen molar-refractivity contribution in [2.45, 2.75) is 0 Å². The highest BCUT2D eigenvalue weighted by molar-refractivity contribution is 6.30. The van der Waals surface area contributed by atoms with Gasteiger partial charge in [0.2, 0.25) is 0 Å². The molecule has 1 aliphatic carbocycles. The fourth-order valence-corrected chi connectivity index (χ4v) is 3.04. The van der Waals surface area contributed by atoms with Crippen LogP contribution in [0.2, 0.25) is 0 Å². The van der Waals surface area contributed by atoms with E-state index in [-0.39, 0.29) is 11.6 Å². The third-order valence-electron chi connectivity index (χ3n) is 3.98. The van der Waals surface area contributed by atoms with Crippen LogP contribution in [0, 0.1) is 0 Å². The topological polar surface area (TPSA) is 39.1 Å². The van der Waals surface area contributed by atoms with Crippen LogP contribution in [0.15, 0.2) is 48.6 Å². The molecule has 1 heterocycles. The lowest BCUT2D eigenvalue weighted by molar-refractivity contribution is 0.0995. The molecular formula is C17H11NO2. The molecule has 96 valence electrons. The molecule has 0 saturated carbocycles. The SMILES string of the molecule is Cn1c2ccccc2c2c3c(ccc21)C(=O)C=CC3=O. The molecule has 3 nitrogen and oxygen atoms in total. The van der Waals surface area contributed by atoms with Gasteiger partial charge in [-0.1, -0.05) is 18.2 Å². The summed E-state index contributed by atoms with van der Waals surface area (Å²) >= 11 is 0. The molecule has 0 saturated heterocycles. The zero-order valence-electron chi connectivity index (χ0n) is 10.9. The van der Waals surface area contributed by atoms with Crippen molar-refractivity contribution in [1.29, 1.82) is 0 Å². The first kappa shape index (κ1) is 11.2. The molecule has 0 amide bonds. The van der Waals surface area contributed by atoms with Crippen molar-refractivity contribution in [1.82, 2.24) is 4.57 Å². The summed E-state index contributed by atoms with van der Waals surface area (Å²) in [6, 6.07) is 11.6. The molecular weight excluding hydrogens is 250 g/mol. The molecule has 0 bridgehead atoms. The second-order valence-corrected chi connectivity index (χ2v) is 5.02. The molecule has 1 aromatic heterocycles. The van der Waals surface area contributed by atoms with Crippen LogP contribution in [-0.4, -0.2) is 16.1 Å². The van der Waals surface area contributed by atoms with E-state index < -0.39 is 0 Å². The number of aryl methyl sites for hydroxylation is 1. The first-order valence-corrected chi connectivity index (χ1v) is 6.45. The Bertz CT molecular complexity index is 944. The Labute approximate surface area is 115 Å². The van der Waals surface area contributed by atoms with E-state index in [4.69, 9.17) is 0 Å². The minimum atomic E-state index is -0.102. The lowest BCUT2D eigenvalue weighted by atomic mass is 9.91. The van der Waals surface area contributed by atoms with Gasteiger partial charge in [-0.2, -0.15) is 0 Å².